The molecule has 0 aromatic rings. The third kappa shape index (κ3) is 2.22. The Morgan fingerprint density at radius 2 is 2.25 bits per heavy atom. The lowest BCUT2D eigenvalue weighted by Crippen LogP contribution is -2.03. The van der Waals surface area contributed by atoms with Crippen LogP contribution in [0, 0.1) is 0 Å². The van der Waals surface area contributed by atoms with Crippen LogP contribution in [-0.2, 0) is 4.74 Å². The van der Waals surface area contributed by atoms with E-state index in [9.17, 15) is 4.39 Å². The van der Waals surface area contributed by atoms with E-state index in [0.29, 0.717) is 6.33 Å². The summed E-state index contributed by atoms with van der Waals surface area (Å²) in [7, 11) is 0. The van der Waals surface area contributed by atoms with E-state index in [1.54, 1.807) is 0 Å². The lowest BCUT2D eigenvalue weighted by Gasteiger charge is -2.16. The maximum absolute atomic E-state index is 11.9. The van der Waals surface area contributed by atoms with E-state index in [1.165, 1.54) is 6.08 Å². The fraction of sp³-hybridized carbons (Fsp3) is 0.400. The van der Waals surface area contributed by atoms with Gasteiger partial charge >= 0.3 is 0 Å². The number of allylic oxidation sites excluding steroid dienone is 4. The van der Waals surface area contributed by atoms with Gasteiger partial charge in [-0.05, 0) is 37.5 Å². The second kappa shape index (κ2) is 4.75. The SMILES string of the molecule is C/C=C\C1=C(/C=C/F)CCCO1. The quantitative estimate of drug-likeness (QED) is 0.615. The van der Waals surface area contributed by atoms with Crippen molar-refractivity contribution in [2.24, 2.45) is 0 Å². The van der Waals surface area contributed by atoms with Crippen LogP contribution in [0.25, 0.3) is 0 Å². The van der Waals surface area contributed by atoms with Gasteiger partial charge in [0.05, 0.1) is 12.9 Å². The van der Waals surface area contributed by atoms with Crippen molar-refractivity contribution in [3.63, 3.8) is 0 Å². The molecule has 66 valence electrons. The summed E-state index contributed by atoms with van der Waals surface area (Å²) in [5, 5.41) is 0. The summed E-state index contributed by atoms with van der Waals surface area (Å²) in [5.74, 6) is 0.803. The van der Waals surface area contributed by atoms with Crippen LogP contribution < -0.4 is 0 Å². The van der Waals surface area contributed by atoms with Crippen LogP contribution in [0.1, 0.15) is 19.8 Å². The third-order valence-corrected chi connectivity index (χ3v) is 1.75. The molecule has 1 nitrogen and oxygen atoms in total. The Bertz CT molecular complexity index is 202. The van der Waals surface area contributed by atoms with Crippen LogP contribution in [0.2, 0.25) is 0 Å². The Morgan fingerprint density at radius 3 is 2.92 bits per heavy atom. The second-order valence-electron chi connectivity index (χ2n) is 2.63. The molecule has 0 amide bonds. The van der Waals surface area contributed by atoms with E-state index in [4.69, 9.17) is 4.74 Å². The van der Waals surface area contributed by atoms with Crippen molar-refractivity contribution in [1.29, 1.82) is 0 Å². The molecule has 0 spiro atoms. The van der Waals surface area contributed by atoms with Gasteiger partial charge in [-0.3, -0.25) is 0 Å². The molecule has 0 N–H and O–H groups in total. The summed E-state index contributed by atoms with van der Waals surface area (Å²) >= 11 is 0. The summed E-state index contributed by atoms with van der Waals surface area (Å²) in [6.45, 7) is 2.66. The molecule has 0 aromatic heterocycles. The van der Waals surface area contributed by atoms with Gasteiger partial charge < -0.3 is 4.74 Å². The Kier molecular flexibility index (Phi) is 3.58. The molecular weight excluding hydrogens is 155 g/mol. The van der Waals surface area contributed by atoms with Crippen LogP contribution in [-0.4, -0.2) is 6.61 Å². The maximum atomic E-state index is 11.9. The molecule has 0 saturated carbocycles. The number of hydrogen-bond donors (Lipinski definition) is 0. The van der Waals surface area contributed by atoms with Crippen molar-refractivity contribution in [3.05, 3.63) is 35.9 Å². The van der Waals surface area contributed by atoms with E-state index < -0.39 is 0 Å². The number of hydrogen-bond acceptors (Lipinski definition) is 1. The van der Waals surface area contributed by atoms with E-state index in [2.05, 4.69) is 0 Å². The van der Waals surface area contributed by atoms with Crippen molar-refractivity contribution >= 4 is 0 Å². The van der Waals surface area contributed by atoms with Gasteiger partial charge in [0.2, 0.25) is 0 Å². The zero-order chi connectivity index (χ0) is 8.81. The highest BCUT2D eigenvalue weighted by atomic mass is 19.1. The average molecular weight is 168 g/mol. The number of rotatable bonds is 2. The molecule has 0 saturated heterocycles. The van der Waals surface area contributed by atoms with Crippen molar-refractivity contribution in [2.75, 3.05) is 6.61 Å². The number of halogens is 1. The fourth-order valence-corrected chi connectivity index (χ4v) is 1.21. The fourth-order valence-electron chi connectivity index (χ4n) is 1.21. The first-order valence-electron chi connectivity index (χ1n) is 4.14. The molecule has 12 heavy (non-hydrogen) atoms. The van der Waals surface area contributed by atoms with Gasteiger partial charge in [0, 0.05) is 0 Å². The molecular formula is C10H13FO. The lowest BCUT2D eigenvalue weighted by molar-refractivity contribution is 0.201. The zero-order valence-electron chi connectivity index (χ0n) is 7.22. The molecule has 0 aliphatic carbocycles. The molecule has 2 heteroatoms. The molecule has 1 aliphatic rings. The van der Waals surface area contributed by atoms with Crippen LogP contribution in [0.3, 0.4) is 0 Å². The molecule has 1 rings (SSSR count). The van der Waals surface area contributed by atoms with Crippen molar-refractivity contribution in [2.45, 2.75) is 19.8 Å². The van der Waals surface area contributed by atoms with Crippen molar-refractivity contribution < 1.29 is 9.13 Å². The minimum atomic E-state index is 0.563. The first-order valence-corrected chi connectivity index (χ1v) is 4.14. The lowest BCUT2D eigenvalue weighted by atomic mass is 10.1. The van der Waals surface area contributed by atoms with Crippen molar-refractivity contribution in [3.8, 4) is 0 Å². The normalized spacial score (nSPS) is 19.2. The Labute approximate surface area is 72.2 Å². The Morgan fingerprint density at radius 1 is 1.42 bits per heavy atom. The Balaban J connectivity index is 2.82. The van der Waals surface area contributed by atoms with Crippen LogP contribution in [0.5, 0.6) is 0 Å². The highest BCUT2D eigenvalue weighted by molar-refractivity contribution is 5.29. The smallest absolute Gasteiger partial charge is 0.122 e. The van der Waals surface area contributed by atoms with E-state index in [0.717, 1.165) is 30.8 Å². The predicted molar refractivity (Wildman–Crippen MR) is 47.3 cm³/mol. The van der Waals surface area contributed by atoms with E-state index >= 15 is 0 Å². The van der Waals surface area contributed by atoms with Crippen LogP contribution >= 0.6 is 0 Å². The highest BCUT2D eigenvalue weighted by Gasteiger charge is 2.08. The molecule has 0 aromatic carbocycles. The summed E-state index contributed by atoms with van der Waals surface area (Å²) in [6.07, 6.45) is 7.67. The number of ether oxygens (including phenoxy) is 1. The van der Waals surface area contributed by atoms with Gasteiger partial charge in [-0.15, -0.1) is 0 Å². The van der Waals surface area contributed by atoms with E-state index in [-0.39, 0.29) is 0 Å². The summed E-state index contributed by atoms with van der Waals surface area (Å²) in [6, 6.07) is 0. The minimum absolute atomic E-state index is 0.563. The minimum Gasteiger partial charge on any atom is -0.493 e. The van der Waals surface area contributed by atoms with Gasteiger partial charge in [0.15, 0.2) is 0 Å². The van der Waals surface area contributed by atoms with Crippen LogP contribution in [0.4, 0.5) is 4.39 Å². The molecule has 1 aliphatic heterocycles. The van der Waals surface area contributed by atoms with Gasteiger partial charge in [-0.2, -0.15) is 0 Å². The standard InChI is InChI=1S/C10H13FO/c1-2-4-10-9(6-7-11)5-3-8-12-10/h2,4,6-7H,3,5,8H2,1H3/b4-2-,7-6+. The zero-order valence-corrected chi connectivity index (χ0v) is 7.22. The van der Waals surface area contributed by atoms with E-state index in [1.807, 2.05) is 19.1 Å². The van der Waals surface area contributed by atoms with Gasteiger partial charge in [0.1, 0.15) is 5.76 Å². The third-order valence-electron chi connectivity index (χ3n) is 1.75. The van der Waals surface area contributed by atoms with Crippen molar-refractivity contribution in [1.82, 2.24) is 0 Å². The van der Waals surface area contributed by atoms with Gasteiger partial charge in [-0.1, -0.05) is 6.08 Å². The predicted octanol–water partition coefficient (Wildman–Crippen LogP) is 3.11. The summed E-state index contributed by atoms with van der Waals surface area (Å²) in [5.41, 5.74) is 0.946. The monoisotopic (exact) mass is 168 g/mol. The molecule has 0 fully saturated rings. The first kappa shape index (κ1) is 9.04. The van der Waals surface area contributed by atoms with Gasteiger partial charge in [0.25, 0.3) is 0 Å². The maximum Gasteiger partial charge on any atom is 0.122 e. The van der Waals surface area contributed by atoms with Gasteiger partial charge in [-0.25, -0.2) is 4.39 Å². The molecule has 1 heterocycles. The summed E-state index contributed by atoms with van der Waals surface area (Å²) < 4.78 is 17.3. The average Bonchev–Trinajstić information content (AvgIpc) is 2.09. The topological polar surface area (TPSA) is 9.23 Å². The highest BCUT2D eigenvalue weighted by Crippen LogP contribution is 2.21. The molecule has 0 atom stereocenters. The summed E-state index contributed by atoms with van der Waals surface area (Å²) in [4.78, 5) is 0. The molecule has 0 radical (unpaired) electrons. The molecule has 0 bridgehead atoms. The van der Waals surface area contributed by atoms with Crippen LogP contribution in [0.15, 0.2) is 35.9 Å². The molecule has 0 unspecified atom stereocenters. The Hall–Kier alpha value is -1.05. The largest absolute Gasteiger partial charge is 0.493 e. The second-order valence-corrected chi connectivity index (χ2v) is 2.63. The first-order chi connectivity index (χ1) is 5.88.